The molecule has 0 saturated heterocycles. The van der Waals surface area contributed by atoms with Crippen LogP contribution >= 0.6 is 43.2 Å². The van der Waals surface area contributed by atoms with Gasteiger partial charge in [0.25, 0.3) is 0 Å². The molecule has 3 N–H and O–H groups in total. The van der Waals surface area contributed by atoms with E-state index in [1.54, 1.807) is 11.3 Å². The second kappa shape index (κ2) is 5.11. The molecule has 0 aliphatic heterocycles. The summed E-state index contributed by atoms with van der Waals surface area (Å²) >= 11 is 8.70. The summed E-state index contributed by atoms with van der Waals surface area (Å²) in [5.41, 5.74) is 8.90. The quantitative estimate of drug-likeness (QED) is 0.644. The lowest BCUT2D eigenvalue weighted by Gasteiger charge is -2.06. The zero-order chi connectivity index (χ0) is 13.4. The van der Waals surface area contributed by atoms with Crippen molar-refractivity contribution in [3.05, 3.63) is 44.7 Å². The lowest BCUT2D eigenvalue weighted by molar-refractivity contribution is 1.10. The number of nitrogens with one attached hydrogen (secondary N) is 1. The summed E-state index contributed by atoms with van der Waals surface area (Å²) in [5.74, 6) is 0.518. The molecule has 1 aromatic carbocycles. The van der Waals surface area contributed by atoms with Gasteiger partial charge in [-0.05, 0) is 29.6 Å². The first kappa shape index (κ1) is 12.9. The Hall–Kier alpha value is -1.11. The van der Waals surface area contributed by atoms with Gasteiger partial charge in [-0.3, -0.25) is 5.10 Å². The van der Waals surface area contributed by atoms with Crippen LogP contribution in [0, 0.1) is 0 Å². The van der Waals surface area contributed by atoms with Crippen molar-refractivity contribution >= 4 is 49.0 Å². The van der Waals surface area contributed by atoms with Gasteiger partial charge in [0, 0.05) is 19.4 Å². The number of hydrogen-bond donors (Lipinski definition) is 2. The van der Waals surface area contributed by atoms with E-state index in [1.165, 1.54) is 0 Å². The van der Waals surface area contributed by atoms with Crippen LogP contribution in [0.25, 0.3) is 21.7 Å². The Morgan fingerprint density at radius 1 is 1.21 bits per heavy atom. The molecule has 2 heterocycles. The van der Waals surface area contributed by atoms with E-state index in [1.807, 2.05) is 35.7 Å². The summed E-state index contributed by atoms with van der Waals surface area (Å²) < 4.78 is 2.01. The number of H-pyrrole nitrogens is 1. The van der Waals surface area contributed by atoms with Crippen LogP contribution in [0.5, 0.6) is 0 Å². The highest BCUT2D eigenvalue weighted by atomic mass is 79.9. The first-order valence-electron chi connectivity index (χ1n) is 5.50. The third kappa shape index (κ3) is 2.35. The molecule has 0 fully saturated rings. The van der Waals surface area contributed by atoms with E-state index in [0.29, 0.717) is 5.82 Å². The van der Waals surface area contributed by atoms with Crippen LogP contribution in [0.1, 0.15) is 0 Å². The molecule has 0 spiro atoms. The van der Waals surface area contributed by atoms with Crippen LogP contribution in [0.2, 0.25) is 0 Å². The second-order valence-electron chi connectivity index (χ2n) is 3.96. The first-order chi connectivity index (χ1) is 9.16. The van der Waals surface area contributed by atoms with Crippen molar-refractivity contribution in [3.63, 3.8) is 0 Å². The summed E-state index contributed by atoms with van der Waals surface area (Å²) in [5, 5.41) is 9.20. The average Bonchev–Trinajstić information content (AvgIpc) is 3.01. The molecule has 0 saturated carbocycles. The summed E-state index contributed by atoms with van der Waals surface area (Å²) in [6, 6.07) is 10.1. The number of anilines is 1. The smallest absolute Gasteiger partial charge is 0.154 e. The van der Waals surface area contributed by atoms with Gasteiger partial charge in [-0.25, -0.2) is 0 Å². The fourth-order valence-electron chi connectivity index (χ4n) is 1.91. The fourth-order valence-corrected chi connectivity index (χ4v) is 3.50. The maximum atomic E-state index is 6.00. The Labute approximate surface area is 131 Å². The third-order valence-corrected chi connectivity index (χ3v) is 4.83. The Bertz CT molecular complexity index is 720. The molecule has 96 valence electrons. The molecule has 0 aliphatic rings. The van der Waals surface area contributed by atoms with Crippen LogP contribution in [0.15, 0.2) is 44.7 Å². The van der Waals surface area contributed by atoms with Crippen molar-refractivity contribution < 1.29 is 0 Å². The van der Waals surface area contributed by atoms with E-state index >= 15 is 0 Å². The minimum atomic E-state index is 0.518. The second-order valence-corrected chi connectivity index (χ2v) is 6.68. The van der Waals surface area contributed by atoms with Crippen LogP contribution < -0.4 is 5.73 Å². The Morgan fingerprint density at radius 3 is 2.79 bits per heavy atom. The topological polar surface area (TPSA) is 54.7 Å². The number of rotatable bonds is 2. The fraction of sp³-hybridized carbons (Fsp3) is 0. The summed E-state index contributed by atoms with van der Waals surface area (Å²) in [6.45, 7) is 0. The first-order valence-corrected chi connectivity index (χ1v) is 7.96. The summed E-state index contributed by atoms with van der Waals surface area (Å²) in [7, 11) is 0. The van der Waals surface area contributed by atoms with Gasteiger partial charge in [-0.2, -0.15) is 5.10 Å². The summed E-state index contributed by atoms with van der Waals surface area (Å²) in [4.78, 5) is 1.10. The predicted molar refractivity (Wildman–Crippen MR) is 87.1 cm³/mol. The van der Waals surface area contributed by atoms with Crippen molar-refractivity contribution in [1.82, 2.24) is 10.2 Å². The zero-order valence-corrected chi connectivity index (χ0v) is 13.6. The molecule has 0 aliphatic carbocycles. The molecule has 0 bridgehead atoms. The van der Waals surface area contributed by atoms with Gasteiger partial charge in [0.1, 0.15) is 0 Å². The molecule has 3 rings (SSSR count). The van der Waals surface area contributed by atoms with Gasteiger partial charge in [-0.1, -0.05) is 37.9 Å². The van der Waals surface area contributed by atoms with Crippen molar-refractivity contribution in [2.24, 2.45) is 0 Å². The lowest BCUT2D eigenvalue weighted by atomic mass is 10.1. The lowest BCUT2D eigenvalue weighted by Crippen LogP contribution is -1.87. The van der Waals surface area contributed by atoms with Crippen LogP contribution in [-0.4, -0.2) is 10.2 Å². The van der Waals surface area contributed by atoms with E-state index in [4.69, 9.17) is 5.73 Å². The number of nitrogens with zero attached hydrogens (tertiary/aromatic N) is 1. The van der Waals surface area contributed by atoms with Crippen molar-refractivity contribution in [2.75, 3.05) is 5.73 Å². The van der Waals surface area contributed by atoms with E-state index in [9.17, 15) is 0 Å². The van der Waals surface area contributed by atoms with E-state index < -0.39 is 0 Å². The van der Waals surface area contributed by atoms with Gasteiger partial charge in [0.2, 0.25) is 0 Å². The number of thiophene rings is 1. The average molecular weight is 399 g/mol. The van der Waals surface area contributed by atoms with Crippen molar-refractivity contribution in [2.45, 2.75) is 0 Å². The molecule has 3 aromatic rings. The maximum absolute atomic E-state index is 6.00. The third-order valence-electron chi connectivity index (χ3n) is 2.76. The molecular formula is C13H9Br2N3S. The zero-order valence-electron chi connectivity index (χ0n) is 9.65. The molecule has 2 aromatic heterocycles. The number of aromatic nitrogens is 2. The van der Waals surface area contributed by atoms with Gasteiger partial charge in [-0.15, -0.1) is 11.3 Å². The Morgan fingerprint density at radius 2 is 2.05 bits per heavy atom. The van der Waals surface area contributed by atoms with Gasteiger partial charge < -0.3 is 5.73 Å². The number of aromatic amines is 1. The minimum absolute atomic E-state index is 0.518. The number of hydrogen-bond acceptors (Lipinski definition) is 3. The molecule has 19 heavy (non-hydrogen) atoms. The number of nitrogen functional groups attached to an aromatic ring is 1. The monoisotopic (exact) mass is 397 g/mol. The van der Waals surface area contributed by atoms with Crippen LogP contribution in [0.4, 0.5) is 5.82 Å². The highest BCUT2D eigenvalue weighted by Crippen LogP contribution is 2.40. The Kier molecular flexibility index (Phi) is 3.47. The highest BCUT2D eigenvalue weighted by molar-refractivity contribution is 9.11. The molecule has 0 unspecified atom stereocenters. The van der Waals surface area contributed by atoms with Crippen molar-refractivity contribution in [1.29, 1.82) is 0 Å². The highest BCUT2D eigenvalue weighted by Gasteiger charge is 2.17. The van der Waals surface area contributed by atoms with Crippen LogP contribution in [-0.2, 0) is 0 Å². The van der Waals surface area contributed by atoms with Gasteiger partial charge in [0.15, 0.2) is 5.82 Å². The largest absolute Gasteiger partial charge is 0.382 e. The predicted octanol–water partition coefficient (Wildman–Crippen LogP) is 4.91. The maximum Gasteiger partial charge on any atom is 0.154 e. The molecular weight excluding hydrogens is 390 g/mol. The van der Waals surface area contributed by atoms with Gasteiger partial charge in [0.05, 0.1) is 11.3 Å². The minimum Gasteiger partial charge on any atom is -0.382 e. The van der Waals surface area contributed by atoms with Crippen molar-refractivity contribution in [3.8, 4) is 21.7 Å². The molecule has 0 amide bonds. The number of nitrogens with two attached hydrogens (primary N) is 1. The molecule has 0 atom stereocenters. The normalized spacial score (nSPS) is 10.8. The molecule has 3 nitrogen and oxygen atoms in total. The van der Waals surface area contributed by atoms with E-state index in [0.717, 1.165) is 30.6 Å². The molecule has 6 heteroatoms. The summed E-state index contributed by atoms with van der Waals surface area (Å²) in [6.07, 6.45) is 0. The SMILES string of the molecule is Nc1n[nH]c(-c2cc(Br)ccc2Br)c1-c1cccs1. The van der Waals surface area contributed by atoms with E-state index in [2.05, 4.69) is 42.1 Å². The van der Waals surface area contributed by atoms with E-state index in [-0.39, 0.29) is 0 Å². The van der Waals surface area contributed by atoms with Crippen LogP contribution in [0.3, 0.4) is 0 Å². The number of halogens is 2. The Balaban J connectivity index is 2.24. The van der Waals surface area contributed by atoms with Gasteiger partial charge >= 0.3 is 0 Å². The number of benzene rings is 1. The standard InChI is InChI=1S/C13H9Br2N3S/c14-7-3-4-9(15)8(6-7)12-11(13(16)18-17-12)10-2-1-5-19-10/h1-6H,(H3,16,17,18). The molecule has 0 radical (unpaired) electrons.